The minimum Gasteiger partial charge on any atom is -0.398 e. The van der Waals surface area contributed by atoms with Crippen LogP contribution in [0.2, 0.25) is 0 Å². The number of nitrogen functional groups attached to an aromatic ring is 1. The molecule has 2 aromatic carbocycles. The standard InChI is InChI=1S/C19H19N5.C4H11NO3S/c1-3-15-16(20)5-4-6-17(15)23-18-11-12-21-19(24-18)22-14-9-7-13(2)8-10-14;1-9(7,8)5-3-2-4-6/h3-12H,1,20H2,2H3,(H2,21,22,23,24);5-6H,2-4H2,1H3. The summed E-state index contributed by atoms with van der Waals surface area (Å²) in [6.45, 7) is 6.19. The van der Waals surface area contributed by atoms with Crippen molar-refractivity contribution >= 4 is 44.9 Å². The molecule has 0 unspecified atom stereocenters. The highest BCUT2D eigenvalue weighted by molar-refractivity contribution is 7.88. The minimum atomic E-state index is -3.06. The van der Waals surface area contributed by atoms with E-state index >= 15 is 0 Å². The third kappa shape index (κ3) is 9.27. The predicted molar refractivity (Wildman–Crippen MR) is 135 cm³/mol. The van der Waals surface area contributed by atoms with E-state index in [9.17, 15) is 8.42 Å². The molecule has 0 aliphatic heterocycles. The Morgan fingerprint density at radius 2 is 1.85 bits per heavy atom. The van der Waals surface area contributed by atoms with Crippen molar-refractivity contribution in [2.45, 2.75) is 13.3 Å². The Labute approximate surface area is 194 Å². The zero-order chi connectivity index (χ0) is 24.3. The Hall–Kier alpha value is -3.47. The van der Waals surface area contributed by atoms with Crippen molar-refractivity contribution in [3.8, 4) is 0 Å². The molecule has 0 atom stereocenters. The lowest BCUT2D eigenvalue weighted by atomic mass is 10.1. The fourth-order valence-corrected chi connectivity index (χ4v) is 3.16. The molecule has 33 heavy (non-hydrogen) atoms. The number of hydrogen-bond donors (Lipinski definition) is 5. The summed E-state index contributed by atoms with van der Waals surface area (Å²) in [5.74, 6) is 1.20. The first-order valence-electron chi connectivity index (χ1n) is 10.2. The SMILES string of the molecule is C=Cc1c(N)cccc1Nc1ccnc(Nc2ccc(C)cc2)n1.CS(=O)(=O)NCCCO. The zero-order valence-corrected chi connectivity index (χ0v) is 19.6. The maximum absolute atomic E-state index is 10.3. The summed E-state index contributed by atoms with van der Waals surface area (Å²) in [7, 11) is -3.06. The highest BCUT2D eigenvalue weighted by Crippen LogP contribution is 2.26. The molecule has 0 saturated carbocycles. The molecular formula is C23H30N6O3S. The van der Waals surface area contributed by atoms with Crippen molar-refractivity contribution in [3.05, 3.63) is 72.4 Å². The fourth-order valence-electron chi connectivity index (χ4n) is 2.65. The van der Waals surface area contributed by atoms with Crippen molar-refractivity contribution in [3.63, 3.8) is 0 Å². The molecule has 3 aromatic rings. The van der Waals surface area contributed by atoms with E-state index in [0.717, 1.165) is 23.2 Å². The van der Waals surface area contributed by atoms with Crippen LogP contribution in [0.15, 0.2) is 61.3 Å². The molecule has 0 aliphatic carbocycles. The number of nitrogens with two attached hydrogens (primary N) is 1. The quantitative estimate of drug-likeness (QED) is 0.236. The van der Waals surface area contributed by atoms with Crippen molar-refractivity contribution in [1.82, 2.24) is 14.7 Å². The van der Waals surface area contributed by atoms with E-state index in [-0.39, 0.29) is 6.61 Å². The number of aliphatic hydroxyl groups is 1. The molecule has 1 heterocycles. The van der Waals surface area contributed by atoms with Crippen LogP contribution in [0.4, 0.5) is 28.8 Å². The number of rotatable bonds is 9. The van der Waals surface area contributed by atoms with Gasteiger partial charge in [0.2, 0.25) is 16.0 Å². The van der Waals surface area contributed by atoms with Crippen LogP contribution in [0, 0.1) is 6.92 Å². The largest absolute Gasteiger partial charge is 0.398 e. The molecule has 0 bridgehead atoms. The molecule has 0 amide bonds. The van der Waals surface area contributed by atoms with Gasteiger partial charge in [0, 0.05) is 42.0 Å². The normalized spacial score (nSPS) is 10.6. The van der Waals surface area contributed by atoms with Crippen LogP contribution >= 0.6 is 0 Å². The molecule has 0 aliphatic rings. The summed E-state index contributed by atoms with van der Waals surface area (Å²) < 4.78 is 22.9. The smallest absolute Gasteiger partial charge is 0.229 e. The van der Waals surface area contributed by atoms with Crippen LogP contribution in [-0.4, -0.2) is 42.9 Å². The Bertz CT molecular complexity index is 1150. The van der Waals surface area contributed by atoms with E-state index in [1.54, 1.807) is 18.3 Å². The Morgan fingerprint density at radius 3 is 2.48 bits per heavy atom. The average molecular weight is 471 g/mol. The van der Waals surface area contributed by atoms with Crippen LogP contribution in [-0.2, 0) is 10.0 Å². The van der Waals surface area contributed by atoms with E-state index < -0.39 is 10.0 Å². The highest BCUT2D eigenvalue weighted by Gasteiger charge is 2.05. The van der Waals surface area contributed by atoms with Crippen LogP contribution in [0.25, 0.3) is 6.08 Å². The maximum atomic E-state index is 10.3. The number of anilines is 5. The summed E-state index contributed by atoms with van der Waals surface area (Å²) in [6.07, 6.45) is 4.98. The fraction of sp³-hybridized carbons (Fsp3) is 0.217. The lowest BCUT2D eigenvalue weighted by Gasteiger charge is -2.12. The highest BCUT2D eigenvalue weighted by atomic mass is 32.2. The zero-order valence-electron chi connectivity index (χ0n) is 18.7. The average Bonchev–Trinajstić information content (AvgIpc) is 2.76. The second-order valence-corrected chi connectivity index (χ2v) is 8.97. The van der Waals surface area contributed by atoms with E-state index in [1.807, 2.05) is 49.4 Å². The van der Waals surface area contributed by atoms with Crippen molar-refractivity contribution in [2.24, 2.45) is 0 Å². The van der Waals surface area contributed by atoms with E-state index in [1.165, 1.54) is 5.56 Å². The molecule has 10 heteroatoms. The first-order valence-corrected chi connectivity index (χ1v) is 12.1. The first kappa shape index (κ1) is 25.8. The van der Waals surface area contributed by atoms with Crippen LogP contribution in [0.1, 0.15) is 17.5 Å². The molecule has 0 radical (unpaired) electrons. The van der Waals surface area contributed by atoms with Crippen LogP contribution < -0.4 is 21.1 Å². The van der Waals surface area contributed by atoms with Gasteiger partial charge < -0.3 is 21.5 Å². The molecular weight excluding hydrogens is 440 g/mol. The van der Waals surface area contributed by atoms with Gasteiger partial charge in [-0.15, -0.1) is 0 Å². The molecule has 0 spiro atoms. The number of sulfonamides is 1. The van der Waals surface area contributed by atoms with Crippen molar-refractivity contribution in [2.75, 3.05) is 35.8 Å². The van der Waals surface area contributed by atoms with Crippen molar-refractivity contribution in [1.29, 1.82) is 0 Å². The number of aryl methyl sites for hydroxylation is 1. The number of aliphatic hydroxyl groups excluding tert-OH is 1. The van der Waals surface area contributed by atoms with Gasteiger partial charge in [-0.3, -0.25) is 0 Å². The number of nitrogens with one attached hydrogen (secondary N) is 3. The van der Waals surface area contributed by atoms with Crippen LogP contribution in [0.5, 0.6) is 0 Å². The summed E-state index contributed by atoms with van der Waals surface area (Å²) >= 11 is 0. The molecule has 0 fully saturated rings. The Kier molecular flexibility index (Phi) is 9.80. The summed E-state index contributed by atoms with van der Waals surface area (Å²) in [5.41, 5.74) is 10.5. The van der Waals surface area contributed by atoms with E-state index in [4.69, 9.17) is 10.8 Å². The topological polar surface area (TPSA) is 142 Å². The molecule has 9 nitrogen and oxygen atoms in total. The minimum absolute atomic E-state index is 0.0164. The van der Waals surface area contributed by atoms with E-state index in [0.29, 0.717) is 30.4 Å². The van der Waals surface area contributed by atoms with Gasteiger partial charge in [-0.25, -0.2) is 18.1 Å². The summed E-state index contributed by atoms with van der Waals surface area (Å²) in [6, 6.07) is 15.5. The van der Waals surface area contributed by atoms with Gasteiger partial charge in [0.1, 0.15) is 5.82 Å². The van der Waals surface area contributed by atoms with Gasteiger partial charge in [-0.05, 0) is 43.7 Å². The third-order valence-corrected chi connectivity index (χ3v) is 5.00. The number of aromatic nitrogens is 2. The first-order chi connectivity index (χ1) is 15.7. The lowest BCUT2D eigenvalue weighted by molar-refractivity contribution is 0.289. The molecule has 6 N–H and O–H groups in total. The second-order valence-electron chi connectivity index (χ2n) is 7.14. The number of benzene rings is 2. The van der Waals surface area contributed by atoms with Gasteiger partial charge in [-0.2, -0.15) is 4.98 Å². The van der Waals surface area contributed by atoms with Gasteiger partial charge in [0.05, 0.1) is 6.26 Å². The van der Waals surface area contributed by atoms with Gasteiger partial charge in [-0.1, -0.05) is 36.4 Å². The number of hydrogen-bond acceptors (Lipinski definition) is 8. The van der Waals surface area contributed by atoms with Gasteiger partial charge >= 0.3 is 0 Å². The summed E-state index contributed by atoms with van der Waals surface area (Å²) in [4.78, 5) is 8.73. The van der Waals surface area contributed by atoms with E-state index in [2.05, 4.69) is 31.9 Å². The molecule has 1 aromatic heterocycles. The van der Waals surface area contributed by atoms with Gasteiger partial charge in [0.15, 0.2) is 0 Å². The molecule has 3 rings (SSSR count). The number of nitrogens with zero attached hydrogens (tertiary/aromatic N) is 2. The maximum Gasteiger partial charge on any atom is 0.229 e. The Balaban J connectivity index is 0.000000365. The lowest BCUT2D eigenvalue weighted by Crippen LogP contribution is -2.23. The second kappa shape index (κ2) is 12.5. The van der Waals surface area contributed by atoms with Gasteiger partial charge in [0.25, 0.3) is 0 Å². The predicted octanol–water partition coefficient (Wildman–Crippen LogP) is 3.42. The molecule has 0 saturated heterocycles. The third-order valence-electron chi connectivity index (χ3n) is 4.27. The van der Waals surface area contributed by atoms with Crippen LogP contribution in [0.3, 0.4) is 0 Å². The Morgan fingerprint density at radius 1 is 1.12 bits per heavy atom. The molecule has 176 valence electrons. The van der Waals surface area contributed by atoms with Crippen molar-refractivity contribution < 1.29 is 13.5 Å². The summed E-state index contributed by atoms with van der Waals surface area (Å²) in [5, 5.41) is 14.7. The monoisotopic (exact) mass is 470 g/mol.